The summed E-state index contributed by atoms with van der Waals surface area (Å²) in [5.74, 6) is 1.09. The number of hydrogen-bond acceptors (Lipinski definition) is 2. The summed E-state index contributed by atoms with van der Waals surface area (Å²) in [7, 11) is 0. The van der Waals surface area contributed by atoms with Crippen LogP contribution in [0.3, 0.4) is 0 Å². The van der Waals surface area contributed by atoms with Crippen LogP contribution in [0.5, 0.6) is 0 Å². The Morgan fingerprint density at radius 2 is 2.07 bits per heavy atom. The Morgan fingerprint density at radius 3 is 2.71 bits per heavy atom. The van der Waals surface area contributed by atoms with E-state index in [0.717, 1.165) is 17.9 Å². The minimum atomic E-state index is 0.908. The molecule has 0 amide bonds. The summed E-state index contributed by atoms with van der Waals surface area (Å²) < 4.78 is 0. The maximum absolute atomic E-state index is 5.82. The van der Waals surface area contributed by atoms with Crippen molar-refractivity contribution in [3.8, 4) is 0 Å². The first-order valence-electron chi connectivity index (χ1n) is 4.95. The van der Waals surface area contributed by atoms with E-state index in [1.165, 1.54) is 10.5 Å². The Labute approximate surface area is 90.4 Å². The topological polar surface area (TPSA) is 26.0 Å². The van der Waals surface area contributed by atoms with Crippen molar-refractivity contribution < 1.29 is 0 Å². The molecule has 1 aromatic rings. The molecule has 14 heavy (non-hydrogen) atoms. The highest BCUT2D eigenvalue weighted by Crippen LogP contribution is 2.23. The second kappa shape index (κ2) is 5.76. The monoisotopic (exact) mass is 207 g/mol. The molecule has 0 saturated carbocycles. The number of benzene rings is 1. The quantitative estimate of drug-likeness (QED) is 0.765. The minimum absolute atomic E-state index is 0.908. The molecule has 0 aliphatic carbocycles. The third-order valence-corrected chi connectivity index (χ3v) is 2.94. The lowest BCUT2D eigenvalue weighted by Crippen LogP contribution is -1.94. The smallest absolute Gasteiger partial charge is 0.0145 e. The van der Waals surface area contributed by atoms with Gasteiger partial charge in [0.25, 0.3) is 0 Å². The van der Waals surface area contributed by atoms with Gasteiger partial charge in [-0.25, -0.2) is 0 Å². The van der Waals surface area contributed by atoms with Gasteiger partial charge >= 0.3 is 0 Å². The van der Waals surface area contributed by atoms with E-state index in [2.05, 4.69) is 44.2 Å². The normalized spacial score (nSPS) is 11.7. The largest absolute Gasteiger partial charge is 0.402 e. The van der Waals surface area contributed by atoms with Crippen LogP contribution in [0.25, 0.3) is 6.08 Å². The Hall–Kier alpha value is -0.890. The Bertz CT molecular complexity index is 318. The van der Waals surface area contributed by atoms with Crippen molar-refractivity contribution in [1.29, 1.82) is 0 Å². The molecule has 1 rings (SSSR count). The van der Waals surface area contributed by atoms with Crippen LogP contribution in [0.1, 0.15) is 25.8 Å². The molecule has 0 aliphatic heterocycles. The zero-order chi connectivity index (χ0) is 10.4. The third-order valence-electron chi connectivity index (χ3n) is 1.97. The van der Waals surface area contributed by atoms with Gasteiger partial charge in [-0.1, -0.05) is 32.0 Å². The zero-order valence-electron chi connectivity index (χ0n) is 8.79. The number of rotatable bonds is 4. The predicted molar refractivity (Wildman–Crippen MR) is 65.3 cm³/mol. The summed E-state index contributed by atoms with van der Waals surface area (Å²) in [5.41, 5.74) is 8.00. The second-order valence-corrected chi connectivity index (χ2v) is 4.35. The molecular formula is C12H17NS. The molecule has 0 radical (unpaired) electrons. The summed E-state index contributed by atoms with van der Waals surface area (Å²) in [6, 6.07) is 8.37. The van der Waals surface area contributed by atoms with Crippen LogP contribution < -0.4 is 5.73 Å². The molecule has 0 aliphatic rings. The fourth-order valence-electron chi connectivity index (χ4n) is 1.19. The Morgan fingerprint density at radius 1 is 1.36 bits per heavy atom. The highest BCUT2D eigenvalue weighted by Gasteiger charge is 1.98. The van der Waals surface area contributed by atoms with Gasteiger partial charge in [-0.2, -0.15) is 0 Å². The molecule has 0 saturated heterocycles. The first-order chi connectivity index (χ1) is 6.77. The van der Waals surface area contributed by atoms with E-state index in [-0.39, 0.29) is 0 Å². The Balaban J connectivity index is 2.95. The molecule has 0 unspecified atom stereocenters. The summed E-state index contributed by atoms with van der Waals surface area (Å²) in [6.45, 7) is 4.23. The van der Waals surface area contributed by atoms with Crippen molar-refractivity contribution in [2.45, 2.75) is 25.2 Å². The van der Waals surface area contributed by atoms with Crippen LogP contribution >= 0.6 is 11.8 Å². The molecule has 0 aromatic heterocycles. The van der Waals surface area contributed by atoms with E-state index >= 15 is 0 Å². The van der Waals surface area contributed by atoms with Crippen LogP contribution in [-0.2, 0) is 0 Å². The maximum Gasteiger partial charge on any atom is 0.0145 e. The standard InChI is InChI=1S/C12H17NS/c1-3-11(13)9-10-7-5-6-8-12(10)14-4-2/h5-9H,3-4,13H2,1-2H3. The van der Waals surface area contributed by atoms with Gasteiger partial charge in [0.05, 0.1) is 0 Å². The second-order valence-electron chi connectivity index (χ2n) is 3.04. The van der Waals surface area contributed by atoms with Crippen molar-refractivity contribution >= 4 is 17.8 Å². The summed E-state index contributed by atoms with van der Waals surface area (Å²) in [5, 5.41) is 0. The highest BCUT2D eigenvalue weighted by molar-refractivity contribution is 7.99. The van der Waals surface area contributed by atoms with Gasteiger partial charge in [-0.15, -0.1) is 11.8 Å². The number of hydrogen-bond donors (Lipinski definition) is 1. The molecule has 0 atom stereocenters. The van der Waals surface area contributed by atoms with Crippen molar-refractivity contribution in [1.82, 2.24) is 0 Å². The maximum atomic E-state index is 5.82. The lowest BCUT2D eigenvalue weighted by Gasteiger charge is -2.04. The van der Waals surface area contributed by atoms with E-state index in [9.17, 15) is 0 Å². The van der Waals surface area contributed by atoms with Crippen molar-refractivity contribution in [2.75, 3.05) is 5.75 Å². The van der Waals surface area contributed by atoms with Gasteiger partial charge in [0.1, 0.15) is 0 Å². The third kappa shape index (κ3) is 3.11. The molecule has 1 aromatic carbocycles. The molecule has 0 bridgehead atoms. The Kier molecular flexibility index (Phi) is 4.60. The molecule has 76 valence electrons. The fraction of sp³-hybridized carbons (Fsp3) is 0.333. The van der Waals surface area contributed by atoms with Crippen molar-refractivity contribution in [3.63, 3.8) is 0 Å². The van der Waals surface area contributed by atoms with Crippen LogP contribution in [-0.4, -0.2) is 5.75 Å². The average molecular weight is 207 g/mol. The molecule has 0 heterocycles. The van der Waals surface area contributed by atoms with Gasteiger partial charge in [0.2, 0.25) is 0 Å². The van der Waals surface area contributed by atoms with E-state index in [1.807, 2.05) is 11.8 Å². The lowest BCUT2D eigenvalue weighted by molar-refractivity contribution is 1.08. The lowest BCUT2D eigenvalue weighted by atomic mass is 10.2. The number of thioether (sulfide) groups is 1. The minimum Gasteiger partial charge on any atom is -0.402 e. The van der Waals surface area contributed by atoms with Gasteiger partial charge < -0.3 is 5.73 Å². The van der Waals surface area contributed by atoms with E-state index in [1.54, 1.807) is 0 Å². The fourth-order valence-corrected chi connectivity index (χ4v) is 1.97. The van der Waals surface area contributed by atoms with Gasteiger partial charge in [-0.3, -0.25) is 0 Å². The average Bonchev–Trinajstić information content (AvgIpc) is 2.21. The predicted octanol–water partition coefficient (Wildman–Crippen LogP) is 3.51. The first-order valence-corrected chi connectivity index (χ1v) is 5.94. The van der Waals surface area contributed by atoms with Crippen molar-refractivity contribution in [2.24, 2.45) is 5.73 Å². The van der Waals surface area contributed by atoms with Crippen LogP contribution in [0.15, 0.2) is 34.9 Å². The van der Waals surface area contributed by atoms with Gasteiger partial charge in [-0.05, 0) is 29.9 Å². The van der Waals surface area contributed by atoms with E-state index < -0.39 is 0 Å². The molecule has 2 heteroatoms. The summed E-state index contributed by atoms with van der Waals surface area (Å²) in [4.78, 5) is 1.31. The first kappa shape index (κ1) is 11.2. The summed E-state index contributed by atoms with van der Waals surface area (Å²) in [6.07, 6.45) is 2.98. The number of allylic oxidation sites excluding steroid dienone is 1. The zero-order valence-corrected chi connectivity index (χ0v) is 9.60. The van der Waals surface area contributed by atoms with Crippen LogP contribution in [0.2, 0.25) is 0 Å². The SMILES string of the molecule is CCSc1ccccc1C=C(N)CC. The summed E-state index contributed by atoms with van der Waals surface area (Å²) >= 11 is 1.85. The van der Waals surface area contributed by atoms with E-state index in [0.29, 0.717) is 0 Å². The van der Waals surface area contributed by atoms with Gasteiger partial charge in [0.15, 0.2) is 0 Å². The molecule has 0 fully saturated rings. The van der Waals surface area contributed by atoms with Crippen molar-refractivity contribution in [3.05, 3.63) is 35.5 Å². The highest BCUT2D eigenvalue weighted by atomic mass is 32.2. The van der Waals surface area contributed by atoms with Gasteiger partial charge in [0, 0.05) is 10.6 Å². The molecule has 0 spiro atoms. The molecule has 1 nitrogen and oxygen atoms in total. The number of nitrogens with two attached hydrogens (primary N) is 1. The van der Waals surface area contributed by atoms with Crippen LogP contribution in [0, 0.1) is 0 Å². The molecular weight excluding hydrogens is 190 g/mol. The van der Waals surface area contributed by atoms with Crippen LogP contribution in [0.4, 0.5) is 0 Å². The van der Waals surface area contributed by atoms with E-state index in [4.69, 9.17) is 5.73 Å². The molecule has 2 N–H and O–H groups in total.